The average Bonchev–Trinajstić information content (AvgIpc) is 2.72. The third kappa shape index (κ3) is 4.82. The standard InChI is InChI=1S/C22H24N2O3/c1-23(20-13-11-19(12-14-20)18-7-3-2-4-8-18)22(25)15-10-17-6-5-9-21(16-17)24(26)27/h2-10,15-16,19-20H,11-14H2,1H3/b15-10+. The average molecular weight is 364 g/mol. The number of nitro benzene ring substituents is 1. The molecule has 0 saturated heterocycles. The van der Waals surface area contributed by atoms with Gasteiger partial charge in [-0.2, -0.15) is 0 Å². The summed E-state index contributed by atoms with van der Waals surface area (Å²) in [6.07, 6.45) is 7.30. The van der Waals surface area contributed by atoms with E-state index in [2.05, 4.69) is 24.3 Å². The van der Waals surface area contributed by atoms with Crippen molar-refractivity contribution in [3.8, 4) is 0 Å². The van der Waals surface area contributed by atoms with Gasteiger partial charge in [0.15, 0.2) is 0 Å². The van der Waals surface area contributed by atoms with Crippen LogP contribution in [0.5, 0.6) is 0 Å². The first-order chi connectivity index (χ1) is 13.0. The van der Waals surface area contributed by atoms with Gasteiger partial charge >= 0.3 is 0 Å². The fraction of sp³-hybridized carbons (Fsp3) is 0.318. The SMILES string of the molecule is CN(C(=O)/C=C/c1cccc([N+](=O)[O-])c1)C1CCC(c2ccccc2)CC1. The summed E-state index contributed by atoms with van der Waals surface area (Å²) in [6.45, 7) is 0. The number of amides is 1. The van der Waals surface area contributed by atoms with Gasteiger partial charge in [-0.25, -0.2) is 0 Å². The molecule has 1 aliphatic carbocycles. The molecule has 0 unspecified atom stereocenters. The number of rotatable bonds is 5. The molecule has 3 rings (SSSR count). The number of benzene rings is 2. The first-order valence-electron chi connectivity index (χ1n) is 9.29. The zero-order valence-electron chi connectivity index (χ0n) is 15.5. The number of hydrogen-bond donors (Lipinski definition) is 0. The van der Waals surface area contributed by atoms with E-state index in [-0.39, 0.29) is 17.6 Å². The van der Waals surface area contributed by atoms with Crippen LogP contribution < -0.4 is 0 Å². The highest BCUT2D eigenvalue weighted by atomic mass is 16.6. The van der Waals surface area contributed by atoms with E-state index in [0.717, 1.165) is 25.7 Å². The maximum atomic E-state index is 12.5. The third-order valence-corrected chi connectivity index (χ3v) is 5.36. The van der Waals surface area contributed by atoms with Gasteiger partial charge in [0.25, 0.3) is 5.69 Å². The Hall–Kier alpha value is -2.95. The summed E-state index contributed by atoms with van der Waals surface area (Å²) in [5.74, 6) is 0.510. The molecule has 0 bridgehead atoms. The van der Waals surface area contributed by atoms with Gasteiger partial charge in [-0.05, 0) is 48.8 Å². The van der Waals surface area contributed by atoms with Crippen LogP contribution in [0.15, 0.2) is 60.7 Å². The molecule has 0 atom stereocenters. The summed E-state index contributed by atoms with van der Waals surface area (Å²) >= 11 is 0. The molecule has 1 saturated carbocycles. The van der Waals surface area contributed by atoms with Crippen molar-refractivity contribution < 1.29 is 9.72 Å². The van der Waals surface area contributed by atoms with Crippen LogP contribution in [0.2, 0.25) is 0 Å². The zero-order chi connectivity index (χ0) is 19.2. The molecule has 0 N–H and O–H groups in total. The van der Waals surface area contributed by atoms with Gasteiger partial charge in [-0.15, -0.1) is 0 Å². The summed E-state index contributed by atoms with van der Waals surface area (Å²) in [5.41, 5.74) is 2.06. The van der Waals surface area contributed by atoms with Gasteiger partial charge < -0.3 is 4.90 Å². The first kappa shape index (κ1) is 18.8. The van der Waals surface area contributed by atoms with Crippen molar-refractivity contribution in [1.82, 2.24) is 4.90 Å². The predicted octanol–water partition coefficient (Wildman–Crippen LogP) is 4.79. The molecular formula is C22H24N2O3. The molecule has 5 heteroatoms. The fourth-order valence-corrected chi connectivity index (χ4v) is 3.73. The number of hydrogen-bond acceptors (Lipinski definition) is 3. The molecule has 140 valence electrons. The molecule has 27 heavy (non-hydrogen) atoms. The Labute approximate surface area is 159 Å². The molecule has 1 fully saturated rings. The third-order valence-electron chi connectivity index (χ3n) is 5.36. The highest BCUT2D eigenvalue weighted by molar-refractivity contribution is 5.91. The van der Waals surface area contributed by atoms with Crippen LogP contribution in [-0.2, 0) is 4.79 Å². The Kier molecular flexibility index (Phi) is 6.01. The minimum atomic E-state index is -0.434. The molecule has 0 radical (unpaired) electrons. The summed E-state index contributed by atoms with van der Waals surface area (Å²) in [5, 5.41) is 10.8. The molecule has 0 aliphatic heterocycles. The zero-order valence-corrected chi connectivity index (χ0v) is 15.5. The normalized spacial score (nSPS) is 19.7. The number of carbonyl (C=O) groups is 1. The largest absolute Gasteiger partial charge is 0.339 e. The number of non-ortho nitro benzene ring substituents is 1. The lowest BCUT2D eigenvalue weighted by molar-refractivity contribution is -0.384. The van der Waals surface area contributed by atoms with Gasteiger partial charge in [0.2, 0.25) is 5.91 Å². The van der Waals surface area contributed by atoms with Crippen molar-refractivity contribution in [2.45, 2.75) is 37.6 Å². The van der Waals surface area contributed by atoms with Crippen molar-refractivity contribution in [1.29, 1.82) is 0 Å². The van der Waals surface area contributed by atoms with E-state index in [1.54, 1.807) is 23.1 Å². The van der Waals surface area contributed by atoms with Crippen LogP contribution in [0.4, 0.5) is 5.69 Å². The van der Waals surface area contributed by atoms with Crippen molar-refractivity contribution in [2.75, 3.05) is 7.05 Å². The second-order valence-electron chi connectivity index (χ2n) is 7.05. The monoisotopic (exact) mass is 364 g/mol. The first-order valence-corrected chi connectivity index (χ1v) is 9.29. The van der Waals surface area contributed by atoms with E-state index >= 15 is 0 Å². The molecule has 0 heterocycles. The van der Waals surface area contributed by atoms with Crippen molar-refractivity contribution in [2.24, 2.45) is 0 Å². The quantitative estimate of drug-likeness (QED) is 0.435. The van der Waals surface area contributed by atoms with E-state index in [1.165, 1.54) is 23.8 Å². The summed E-state index contributed by atoms with van der Waals surface area (Å²) < 4.78 is 0. The minimum absolute atomic E-state index is 0.0252. The van der Waals surface area contributed by atoms with E-state index < -0.39 is 4.92 Å². The summed E-state index contributed by atoms with van der Waals surface area (Å²) in [6, 6.07) is 17.1. The van der Waals surface area contributed by atoms with Crippen molar-refractivity contribution in [3.05, 3.63) is 81.9 Å². The van der Waals surface area contributed by atoms with E-state index in [4.69, 9.17) is 0 Å². The fourth-order valence-electron chi connectivity index (χ4n) is 3.73. The van der Waals surface area contributed by atoms with Crippen LogP contribution in [0.25, 0.3) is 6.08 Å². The van der Waals surface area contributed by atoms with Crippen LogP contribution in [-0.4, -0.2) is 28.8 Å². The van der Waals surface area contributed by atoms with Gasteiger partial charge in [0.05, 0.1) is 4.92 Å². The Morgan fingerprint density at radius 2 is 1.78 bits per heavy atom. The Balaban J connectivity index is 1.56. The summed E-state index contributed by atoms with van der Waals surface area (Å²) in [7, 11) is 1.84. The number of nitro groups is 1. The van der Waals surface area contributed by atoms with E-state index in [0.29, 0.717) is 11.5 Å². The topological polar surface area (TPSA) is 63.5 Å². The molecule has 5 nitrogen and oxygen atoms in total. The predicted molar refractivity (Wildman–Crippen MR) is 106 cm³/mol. The van der Waals surface area contributed by atoms with Crippen molar-refractivity contribution >= 4 is 17.7 Å². The van der Waals surface area contributed by atoms with E-state index in [1.807, 2.05) is 13.1 Å². The number of likely N-dealkylation sites (N-methyl/N-ethyl adjacent to an activating group) is 1. The molecule has 0 spiro atoms. The highest BCUT2D eigenvalue weighted by Gasteiger charge is 2.26. The molecule has 2 aromatic carbocycles. The molecular weight excluding hydrogens is 340 g/mol. The molecule has 0 aromatic heterocycles. The Morgan fingerprint density at radius 1 is 1.07 bits per heavy atom. The lowest BCUT2D eigenvalue weighted by Gasteiger charge is -2.34. The number of nitrogens with zero attached hydrogens (tertiary/aromatic N) is 2. The minimum Gasteiger partial charge on any atom is -0.339 e. The van der Waals surface area contributed by atoms with Crippen LogP contribution in [0.1, 0.15) is 42.7 Å². The maximum Gasteiger partial charge on any atom is 0.270 e. The van der Waals surface area contributed by atoms with Gasteiger partial charge in [-0.1, -0.05) is 42.5 Å². The van der Waals surface area contributed by atoms with Gasteiger partial charge in [-0.3, -0.25) is 14.9 Å². The lowest BCUT2D eigenvalue weighted by atomic mass is 9.81. The van der Waals surface area contributed by atoms with Gasteiger partial charge in [0, 0.05) is 31.3 Å². The number of carbonyl (C=O) groups excluding carboxylic acids is 1. The highest BCUT2D eigenvalue weighted by Crippen LogP contribution is 2.34. The van der Waals surface area contributed by atoms with E-state index in [9.17, 15) is 14.9 Å². The van der Waals surface area contributed by atoms with Gasteiger partial charge in [0.1, 0.15) is 0 Å². The van der Waals surface area contributed by atoms with Crippen LogP contribution in [0.3, 0.4) is 0 Å². The summed E-state index contributed by atoms with van der Waals surface area (Å²) in [4.78, 5) is 24.7. The maximum absolute atomic E-state index is 12.5. The van der Waals surface area contributed by atoms with Crippen LogP contribution in [0, 0.1) is 10.1 Å². The molecule has 1 amide bonds. The second-order valence-corrected chi connectivity index (χ2v) is 7.05. The van der Waals surface area contributed by atoms with Crippen LogP contribution >= 0.6 is 0 Å². The van der Waals surface area contributed by atoms with Crippen molar-refractivity contribution in [3.63, 3.8) is 0 Å². The lowest BCUT2D eigenvalue weighted by Crippen LogP contribution is -2.38. The Bertz CT molecular complexity index is 824. The second kappa shape index (κ2) is 8.62. The Morgan fingerprint density at radius 3 is 2.44 bits per heavy atom. The molecule has 1 aliphatic rings. The molecule has 2 aromatic rings. The smallest absolute Gasteiger partial charge is 0.270 e.